The van der Waals surface area contributed by atoms with Crippen LogP contribution in [0.15, 0.2) is 6.20 Å². The Labute approximate surface area is 117 Å². The molecule has 0 bridgehead atoms. The Balaban J connectivity index is 1.82. The molecule has 2 aromatic heterocycles. The molecule has 0 aromatic carbocycles. The molecule has 1 saturated carbocycles. The summed E-state index contributed by atoms with van der Waals surface area (Å²) in [6.07, 6.45) is 5.25. The van der Waals surface area contributed by atoms with Crippen LogP contribution in [0.4, 0.5) is 5.82 Å². The van der Waals surface area contributed by atoms with Gasteiger partial charge in [0.2, 0.25) is 0 Å². The van der Waals surface area contributed by atoms with E-state index in [9.17, 15) is 0 Å². The Hall–Kier alpha value is -1.69. The van der Waals surface area contributed by atoms with E-state index in [1.165, 1.54) is 12.8 Å². The first-order chi connectivity index (χ1) is 9.74. The molecule has 20 heavy (non-hydrogen) atoms. The highest BCUT2D eigenvalue weighted by molar-refractivity contribution is 5.82. The molecule has 4 rings (SSSR count). The lowest BCUT2D eigenvalue weighted by Gasteiger charge is -2.29. The van der Waals surface area contributed by atoms with E-state index in [4.69, 9.17) is 15.5 Å². The number of ether oxygens (including phenoxy) is 1. The summed E-state index contributed by atoms with van der Waals surface area (Å²) in [6.45, 7) is 3.72. The van der Waals surface area contributed by atoms with Gasteiger partial charge in [0.1, 0.15) is 0 Å². The van der Waals surface area contributed by atoms with E-state index in [0.29, 0.717) is 23.7 Å². The van der Waals surface area contributed by atoms with Crippen LogP contribution in [0.1, 0.15) is 43.8 Å². The smallest absolute Gasteiger partial charge is 0.179 e. The lowest BCUT2D eigenvalue weighted by atomic mass is 9.98. The minimum absolute atomic E-state index is 0.298. The van der Waals surface area contributed by atoms with Crippen LogP contribution in [0.3, 0.4) is 0 Å². The molecule has 0 radical (unpaired) electrons. The minimum atomic E-state index is 0.298. The zero-order valence-electron chi connectivity index (χ0n) is 11.6. The van der Waals surface area contributed by atoms with Crippen LogP contribution < -0.4 is 5.73 Å². The average molecular weight is 273 g/mol. The number of anilines is 1. The molecule has 2 atom stereocenters. The van der Waals surface area contributed by atoms with Gasteiger partial charge >= 0.3 is 0 Å². The van der Waals surface area contributed by atoms with Crippen molar-refractivity contribution in [3.8, 4) is 0 Å². The normalized spacial score (nSPS) is 27.1. The Kier molecular flexibility index (Phi) is 2.66. The quantitative estimate of drug-likeness (QED) is 0.903. The van der Waals surface area contributed by atoms with Gasteiger partial charge in [-0.15, -0.1) is 0 Å². The van der Waals surface area contributed by atoms with Crippen molar-refractivity contribution in [3.05, 3.63) is 11.9 Å². The molecule has 0 amide bonds. The largest absolute Gasteiger partial charge is 0.381 e. The van der Waals surface area contributed by atoms with E-state index >= 15 is 0 Å². The van der Waals surface area contributed by atoms with E-state index in [-0.39, 0.29) is 0 Å². The predicted molar refractivity (Wildman–Crippen MR) is 75.3 cm³/mol. The number of rotatable bonds is 2. The molecule has 0 spiro atoms. The average Bonchev–Trinajstić information content (AvgIpc) is 3.25. The third-order valence-corrected chi connectivity index (χ3v) is 4.35. The van der Waals surface area contributed by atoms with Crippen LogP contribution in [0.5, 0.6) is 0 Å². The molecule has 2 aliphatic rings. The van der Waals surface area contributed by atoms with Gasteiger partial charge in [-0.2, -0.15) is 5.10 Å². The van der Waals surface area contributed by atoms with Gasteiger partial charge in [-0.1, -0.05) is 6.92 Å². The molecular formula is C14H19N5O. The van der Waals surface area contributed by atoms with E-state index in [1.54, 1.807) is 0 Å². The molecule has 2 unspecified atom stereocenters. The number of hydrogen-bond donors (Lipinski definition) is 1. The molecular weight excluding hydrogens is 254 g/mol. The van der Waals surface area contributed by atoms with E-state index in [0.717, 1.165) is 36.5 Å². The highest BCUT2D eigenvalue weighted by atomic mass is 16.5. The van der Waals surface area contributed by atoms with Crippen LogP contribution >= 0.6 is 0 Å². The molecule has 2 aromatic rings. The van der Waals surface area contributed by atoms with Gasteiger partial charge in [0.15, 0.2) is 17.0 Å². The van der Waals surface area contributed by atoms with Crippen LogP contribution in [-0.4, -0.2) is 33.0 Å². The third kappa shape index (κ3) is 1.86. The van der Waals surface area contributed by atoms with Gasteiger partial charge in [0.25, 0.3) is 0 Å². The van der Waals surface area contributed by atoms with E-state index in [1.807, 2.05) is 10.9 Å². The van der Waals surface area contributed by atoms with Crippen molar-refractivity contribution >= 4 is 17.0 Å². The van der Waals surface area contributed by atoms with Crippen LogP contribution in [0, 0.1) is 5.92 Å². The van der Waals surface area contributed by atoms with E-state index in [2.05, 4.69) is 17.0 Å². The van der Waals surface area contributed by atoms with Gasteiger partial charge < -0.3 is 10.5 Å². The maximum atomic E-state index is 6.01. The predicted octanol–water partition coefficient (Wildman–Crippen LogP) is 1.88. The van der Waals surface area contributed by atoms with Gasteiger partial charge in [-0.25, -0.2) is 14.6 Å². The molecule has 2 N–H and O–H groups in total. The Bertz CT molecular complexity index is 648. The van der Waals surface area contributed by atoms with Crippen molar-refractivity contribution in [1.29, 1.82) is 0 Å². The SMILES string of the molecule is CC1COCCC1n1nc(N)c2ncc(C3CC3)nc21. The second-order valence-corrected chi connectivity index (χ2v) is 5.98. The summed E-state index contributed by atoms with van der Waals surface area (Å²) in [4.78, 5) is 9.27. The first-order valence-corrected chi connectivity index (χ1v) is 7.32. The van der Waals surface area contributed by atoms with Crippen LogP contribution in [0.2, 0.25) is 0 Å². The standard InChI is InChI=1S/C14H19N5O/c1-8-7-20-5-4-11(8)19-14-12(13(15)18-19)16-6-10(17-14)9-2-3-9/h6,8-9,11H,2-5,7H2,1H3,(H2,15,18). The lowest BCUT2D eigenvalue weighted by Crippen LogP contribution is -2.28. The van der Waals surface area contributed by atoms with E-state index < -0.39 is 0 Å². The zero-order valence-corrected chi connectivity index (χ0v) is 11.6. The van der Waals surface area contributed by atoms with Crippen molar-refractivity contribution in [3.63, 3.8) is 0 Å². The second kappa shape index (κ2) is 4.41. The fourth-order valence-electron chi connectivity index (χ4n) is 2.98. The highest BCUT2D eigenvalue weighted by Gasteiger charge is 2.30. The van der Waals surface area contributed by atoms with Gasteiger partial charge in [0.05, 0.1) is 18.3 Å². The lowest BCUT2D eigenvalue weighted by molar-refractivity contribution is 0.0263. The summed E-state index contributed by atoms with van der Waals surface area (Å²) in [6, 6.07) is 0.298. The fourth-order valence-corrected chi connectivity index (χ4v) is 2.98. The molecule has 6 nitrogen and oxygen atoms in total. The Morgan fingerprint density at radius 3 is 2.95 bits per heavy atom. The minimum Gasteiger partial charge on any atom is -0.381 e. The molecule has 1 aliphatic heterocycles. The maximum Gasteiger partial charge on any atom is 0.179 e. The first-order valence-electron chi connectivity index (χ1n) is 7.32. The number of hydrogen-bond acceptors (Lipinski definition) is 5. The molecule has 106 valence electrons. The summed E-state index contributed by atoms with van der Waals surface area (Å²) in [7, 11) is 0. The topological polar surface area (TPSA) is 78.9 Å². The Morgan fingerprint density at radius 1 is 1.35 bits per heavy atom. The van der Waals surface area contributed by atoms with Gasteiger partial charge in [-0.3, -0.25) is 0 Å². The summed E-state index contributed by atoms with van der Waals surface area (Å²) >= 11 is 0. The summed E-state index contributed by atoms with van der Waals surface area (Å²) in [5.41, 5.74) is 8.66. The fraction of sp³-hybridized carbons (Fsp3) is 0.643. The first kappa shape index (κ1) is 12.1. The number of nitrogen functional groups attached to an aromatic ring is 1. The number of fused-ring (bicyclic) bond motifs is 1. The summed E-state index contributed by atoms with van der Waals surface area (Å²) < 4.78 is 7.50. The summed E-state index contributed by atoms with van der Waals surface area (Å²) in [5, 5.41) is 4.50. The van der Waals surface area contributed by atoms with Crippen molar-refractivity contribution in [2.45, 2.75) is 38.1 Å². The van der Waals surface area contributed by atoms with Crippen LogP contribution in [-0.2, 0) is 4.74 Å². The molecule has 1 aliphatic carbocycles. The van der Waals surface area contributed by atoms with Crippen LogP contribution in [0.25, 0.3) is 11.2 Å². The number of nitrogens with zero attached hydrogens (tertiary/aromatic N) is 4. The Morgan fingerprint density at radius 2 is 2.20 bits per heavy atom. The monoisotopic (exact) mass is 273 g/mol. The molecule has 1 saturated heterocycles. The zero-order chi connectivity index (χ0) is 13.7. The third-order valence-electron chi connectivity index (χ3n) is 4.35. The highest BCUT2D eigenvalue weighted by Crippen LogP contribution is 2.39. The van der Waals surface area contributed by atoms with Crippen molar-refractivity contribution in [1.82, 2.24) is 19.7 Å². The summed E-state index contributed by atoms with van der Waals surface area (Å²) in [5.74, 6) is 1.48. The number of nitrogens with two attached hydrogens (primary N) is 1. The van der Waals surface area contributed by atoms with Gasteiger partial charge in [0, 0.05) is 24.6 Å². The molecule has 2 fully saturated rings. The van der Waals surface area contributed by atoms with Crippen molar-refractivity contribution in [2.24, 2.45) is 5.92 Å². The second-order valence-electron chi connectivity index (χ2n) is 5.98. The number of aromatic nitrogens is 4. The molecule has 3 heterocycles. The van der Waals surface area contributed by atoms with Crippen molar-refractivity contribution in [2.75, 3.05) is 18.9 Å². The van der Waals surface area contributed by atoms with Crippen molar-refractivity contribution < 1.29 is 4.74 Å². The maximum absolute atomic E-state index is 6.01. The molecule has 6 heteroatoms. The van der Waals surface area contributed by atoms with Gasteiger partial charge in [-0.05, 0) is 19.3 Å².